The smallest absolute Gasteiger partial charge is 0.0887 e. The van der Waals surface area contributed by atoms with Crippen LogP contribution in [-0.2, 0) is 0 Å². The second kappa shape index (κ2) is 5.35. The first-order valence-corrected chi connectivity index (χ1v) is 6.29. The Balaban J connectivity index is 2.78. The second-order valence-corrected chi connectivity index (χ2v) is 5.71. The largest absolute Gasteiger partial charge is 0.312 e. The highest BCUT2D eigenvalue weighted by Gasteiger charge is 2.12. The van der Waals surface area contributed by atoms with Crippen LogP contribution in [0.4, 0.5) is 0 Å². The van der Waals surface area contributed by atoms with Gasteiger partial charge in [0.15, 0.2) is 0 Å². The summed E-state index contributed by atoms with van der Waals surface area (Å²) in [4.78, 5) is 1.31. The number of thiophene rings is 1. The van der Waals surface area contributed by atoms with Crippen molar-refractivity contribution in [2.75, 3.05) is 7.05 Å². The molecule has 13 heavy (non-hydrogen) atoms. The van der Waals surface area contributed by atoms with Crippen LogP contribution in [0.2, 0.25) is 5.02 Å². The van der Waals surface area contributed by atoms with E-state index in [0.29, 0.717) is 6.04 Å². The topological polar surface area (TPSA) is 12.0 Å². The van der Waals surface area contributed by atoms with Gasteiger partial charge in [0.05, 0.1) is 8.81 Å². The zero-order valence-electron chi connectivity index (χ0n) is 7.73. The lowest BCUT2D eigenvalue weighted by Crippen LogP contribution is -2.14. The normalized spacial score (nSPS) is 13.2. The Kier molecular flexibility index (Phi) is 4.73. The summed E-state index contributed by atoms with van der Waals surface area (Å²) in [5, 5.41) is 4.11. The van der Waals surface area contributed by atoms with Gasteiger partial charge < -0.3 is 5.32 Å². The van der Waals surface area contributed by atoms with Crippen molar-refractivity contribution in [3.63, 3.8) is 0 Å². The summed E-state index contributed by atoms with van der Waals surface area (Å²) >= 11 is 11.1. The molecule has 4 heteroatoms. The van der Waals surface area contributed by atoms with Crippen molar-refractivity contribution >= 4 is 38.9 Å². The third-order valence-electron chi connectivity index (χ3n) is 1.93. The Bertz CT molecular complexity index is 255. The molecule has 0 amide bonds. The fourth-order valence-electron chi connectivity index (χ4n) is 1.25. The standard InChI is InChI=1S/C9H13BrClNS/c1-3-4-7(12-2)8-5-6(11)9(10)13-8/h5,7,12H,3-4H2,1-2H3. The summed E-state index contributed by atoms with van der Waals surface area (Å²) in [5.41, 5.74) is 0. The van der Waals surface area contributed by atoms with Gasteiger partial charge in [-0.3, -0.25) is 0 Å². The molecule has 0 aliphatic heterocycles. The van der Waals surface area contributed by atoms with Gasteiger partial charge in [-0.1, -0.05) is 24.9 Å². The van der Waals surface area contributed by atoms with E-state index in [1.165, 1.54) is 11.3 Å². The molecule has 0 bridgehead atoms. The van der Waals surface area contributed by atoms with E-state index < -0.39 is 0 Å². The van der Waals surface area contributed by atoms with Gasteiger partial charge >= 0.3 is 0 Å². The number of nitrogens with one attached hydrogen (secondary N) is 1. The van der Waals surface area contributed by atoms with Gasteiger partial charge in [0.25, 0.3) is 0 Å². The molecule has 1 nitrogen and oxygen atoms in total. The molecule has 74 valence electrons. The third-order valence-corrected chi connectivity index (χ3v) is 4.52. The summed E-state index contributed by atoms with van der Waals surface area (Å²) in [6.45, 7) is 2.19. The Labute approximate surface area is 96.6 Å². The first kappa shape index (κ1) is 11.5. The van der Waals surface area contributed by atoms with Gasteiger partial charge in [0, 0.05) is 10.9 Å². The minimum Gasteiger partial charge on any atom is -0.312 e. The van der Waals surface area contributed by atoms with E-state index in [1.807, 2.05) is 13.1 Å². The van der Waals surface area contributed by atoms with Gasteiger partial charge in [-0.05, 0) is 35.5 Å². The first-order chi connectivity index (χ1) is 6.19. The molecule has 0 radical (unpaired) electrons. The molecule has 1 rings (SSSR count). The summed E-state index contributed by atoms with van der Waals surface area (Å²) in [5.74, 6) is 0. The number of hydrogen-bond acceptors (Lipinski definition) is 2. The maximum Gasteiger partial charge on any atom is 0.0887 e. The van der Waals surface area contributed by atoms with Gasteiger partial charge in [0.1, 0.15) is 0 Å². The first-order valence-electron chi connectivity index (χ1n) is 4.31. The SMILES string of the molecule is CCCC(NC)c1cc(Cl)c(Br)s1. The number of hydrogen-bond donors (Lipinski definition) is 1. The molecule has 1 aromatic heterocycles. The summed E-state index contributed by atoms with van der Waals surface area (Å²) in [6.07, 6.45) is 2.33. The Morgan fingerprint density at radius 2 is 2.38 bits per heavy atom. The van der Waals surface area contributed by atoms with Crippen LogP contribution in [0.3, 0.4) is 0 Å². The van der Waals surface area contributed by atoms with Crippen LogP contribution in [0.5, 0.6) is 0 Å². The average Bonchev–Trinajstić information content (AvgIpc) is 2.43. The maximum absolute atomic E-state index is 5.97. The van der Waals surface area contributed by atoms with E-state index >= 15 is 0 Å². The van der Waals surface area contributed by atoms with Crippen LogP contribution in [0, 0.1) is 0 Å². The lowest BCUT2D eigenvalue weighted by atomic mass is 10.1. The molecular formula is C9H13BrClNS. The van der Waals surface area contributed by atoms with Crippen molar-refractivity contribution in [3.05, 3.63) is 19.8 Å². The van der Waals surface area contributed by atoms with Crippen molar-refractivity contribution in [2.45, 2.75) is 25.8 Å². The quantitative estimate of drug-likeness (QED) is 0.871. The molecule has 0 saturated heterocycles. The fraction of sp³-hybridized carbons (Fsp3) is 0.556. The number of halogens is 2. The zero-order chi connectivity index (χ0) is 9.84. The summed E-state index contributed by atoms with van der Waals surface area (Å²) < 4.78 is 1.03. The van der Waals surface area contributed by atoms with Crippen LogP contribution in [0.1, 0.15) is 30.7 Å². The van der Waals surface area contributed by atoms with E-state index in [9.17, 15) is 0 Å². The second-order valence-electron chi connectivity index (χ2n) is 2.90. The lowest BCUT2D eigenvalue weighted by molar-refractivity contribution is 0.550. The minimum atomic E-state index is 0.443. The van der Waals surface area contributed by atoms with Gasteiger partial charge in [-0.2, -0.15) is 0 Å². The van der Waals surface area contributed by atoms with Crippen molar-refractivity contribution in [1.82, 2.24) is 5.32 Å². The van der Waals surface area contributed by atoms with Crippen molar-refractivity contribution in [3.8, 4) is 0 Å². The fourth-order valence-corrected chi connectivity index (χ4v) is 3.14. The van der Waals surface area contributed by atoms with Gasteiger partial charge in [0.2, 0.25) is 0 Å². The highest BCUT2D eigenvalue weighted by molar-refractivity contribution is 9.11. The lowest BCUT2D eigenvalue weighted by Gasteiger charge is -2.12. The minimum absolute atomic E-state index is 0.443. The molecule has 1 atom stereocenters. The predicted molar refractivity (Wildman–Crippen MR) is 63.7 cm³/mol. The zero-order valence-corrected chi connectivity index (χ0v) is 10.9. The van der Waals surface area contributed by atoms with E-state index in [0.717, 1.165) is 15.2 Å². The predicted octanol–water partition coefficient (Wildman–Crippen LogP) is 4.22. The molecular weight excluding hydrogens is 270 g/mol. The van der Waals surface area contributed by atoms with E-state index in [-0.39, 0.29) is 0 Å². The molecule has 1 heterocycles. The van der Waals surface area contributed by atoms with E-state index in [1.54, 1.807) is 11.3 Å². The molecule has 0 spiro atoms. The highest BCUT2D eigenvalue weighted by Crippen LogP contribution is 2.36. The maximum atomic E-state index is 5.97. The summed E-state index contributed by atoms with van der Waals surface area (Å²) in [7, 11) is 1.99. The highest BCUT2D eigenvalue weighted by atomic mass is 79.9. The van der Waals surface area contributed by atoms with Crippen molar-refractivity contribution in [2.24, 2.45) is 0 Å². The van der Waals surface area contributed by atoms with Crippen molar-refractivity contribution < 1.29 is 0 Å². The molecule has 1 unspecified atom stereocenters. The van der Waals surface area contributed by atoms with E-state index in [4.69, 9.17) is 11.6 Å². The Hall–Kier alpha value is 0.430. The van der Waals surface area contributed by atoms with Gasteiger partial charge in [-0.25, -0.2) is 0 Å². The third kappa shape index (κ3) is 2.94. The van der Waals surface area contributed by atoms with E-state index in [2.05, 4.69) is 28.2 Å². The molecule has 0 aromatic carbocycles. The van der Waals surface area contributed by atoms with Crippen LogP contribution < -0.4 is 5.32 Å². The van der Waals surface area contributed by atoms with Crippen molar-refractivity contribution in [1.29, 1.82) is 0 Å². The molecule has 0 aliphatic carbocycles. The molecule has 0 aliphatic rings. The number of rotatable bonds is 4. The van der Waals surface area contributed by atoms with Crippen LogP contribution in [-0.4, -0.2) is 7.05 Å². The molecule has 0 fully saturated rings. The van der Waals surface area contributed by atoms with Crippen LogP contribution in [0.25, 0.3) is 0 Å². The monoisotopic (exact) mass is 281 g/mol. The molecule has 0 saturated carbocycles. The van der Waals surface area contributed by atoms with Crippen LogP contribution >= 0.6 is 38.9 Å². The summed E-state index contributed by atoms with van der Waals surface area (Å²) in [6, 6.07) is 2.48. The molecule has 1 aromatic rings. The van der Waals surface area contributed by atoms with Crippen LogP contribution in [0.15, 0.2) is 9.85 Å². The Morgan fingerprint density at radius 3 is 2.77 bits per heavy atom. The van der Waals surface area contributed by atoms with Gasteiger partial charge in [-0.15, -0.1) is 11.3 Å². The Morgan fingerprint density at radius 1 is 1.69 bits per heavy atom. The molecule has 1 N–H and O–H groups in total. The average molecular weight is 283 g/mol.